The molecule has 1 unspecified atom stereocenters. The van der Waals surface area contributed by atoms with Crippen molar-refractivity contribution in [3.05, 3.63) is 35.4 Å². The summed E-state index contributed by atoms with van der Waals surface area (Å²) in [7, 11) is 4.42. The first-order chi connectivity index (χ1) is 9.51. The van der Waals surface area contributed by atoms with E-state index in [1.54, 1.807) is 0 Å². The molecular formula is C18H32N2. The lowest BCUT2D eigenvalue weighted by molar-refractivity contribution is 0.0881. The maximum absolute atomic E-state index is 3.80. The molecule has 20 heavy (non-hydrogen) atoms. The minimum Gasteiger partial charge on any atom is -0.308 e. The molecule has 0 heterocycles. The number of aryl methyl sites for hydroxylation is 1. The number of hydrogen-bond donors (Lipinski definition) is 1. The molecule has 1 N–H and O–H groups in total. The van der Waals surface area contributed by atoms with Crippen LogP contribution >= 0.6 is 0 Å². The number of rotatable bonds is 8. The van der Waals surface area contributed by atoms with Crippen molar-refractivity contribution in [3.63, 3.8) is 0 Å². The van der Waals surface area contributed by atoms with Crippen molar-refractivity contribution in [1.29, 1.82) is 0 Å². The van der Waals surface area contributed by atoms with Crippen LogP contribution in [0.5, 0.6) is 0 Å². The van der Waals surface area contributed by atoms with Crippen LogP contribution in [0.1, 0.15) is 57.2 Å². The van der Waals surface area contributed by atoms with Gasteiger partial charge < -0.3 is 10.2 Å². The summed E-state index contributed by atoms with van der Waals surface area (Å²) in [6, 6.07) is 9.33. The van der Waals surface area contributed by atoms with Gasteiger partial charge in [0.05, 0.1) is 6.04 Å². The molecule has 0 bridgehead atoms. The number of likely N-dealkylation sites (N-methyl/N-ethyl adjacent to an activating group) is 1. The van der Waals surface area contributed by atoms with Crippen LogP contribution in [0.4, 0.5) is 0 Å². The Labute approximate surface area is 125 Å². The molecule has 0 fully saturated rings. The summed E-state index contributed by atoms with van der Waals surface area (Å²) < 4.78 is 0. The van der Waals surface area contributed by atoms with E-state index >= 15 is 0 Å². The molecule has 0 aliphatic carbocycles. The molecule has 1 atom stereocenters. The van der Waals surface area contributed by atoms with Crippen LogP contribution in [-0.4, -0.2) is 31.1 Å². The Balaban J connectivity index is 3.22. The molecule has 0 amide bonds. The van der Waals surface area contributed by atoms with E-state index in [-0.39, 0.29) is 5.54 Å². The third-order valence-electron chi connectivity index (χ3n) is 4.63. The van der Waals surface area contributed by atoms with Crippen molar-refractivity contribution in [2.24, 2.45) is 0 Å². The van der Waals surface area contributed by atoms with E-state index in [9.17, 15) is 0 Å². The zero-order chi connectivity index (χ0) is 15.2. The first-order valence-electron chi connectivity index (χ1n) is 7.99. The lowest BCUT2D eigenvalue weighted by Crippen LogP contribution is -2.53. The number of hydrogen-bond acceptors (Lipinski definition) is 2. The average molecular weight is 276 g/mol. The topological polar surface area (TPSA) is 15.3 Å². The highest BCUT2D eigenvalue weighted by molar-refractivity contribution is 5.28. The lowest BCUT2D eigenvalue weighted by Gasteiger charge is -2.46. The Morgan fingerprint density at radius 2 is 1.80 bits per heavy atom. The summed E-state index contributed by atoms with van der Waals surface area (Å²) in [5, 5.41) is 3.80. The SMILES string of the molecule is CCCNC(c1cccc(C)c1)C(CC)(CC)N(C)C. The molecule has 2 heteroatoms. The van der Waals surface area contributed by atoms with Crippen molar-refractivity contribution >= 4 is 0 Å². The molecule has 0 spiro atoms. The van der Waals surface area contributed by atoms with E-state index in [2.05, 4.69) is 76.3 Å². The fourth-order valence-electron chi connectivity index (χ4n) is 3.31. The van der Waals surface area contributed by atoms with Gasteiger partial charge in [-0.25, -0.2) is 0 Å². The average Bonchev–Trinajstić information content (AvgIpc) is 2.43. The third-order valence-corrected chi connectivity index (χ3v) is 4.63. The van der Waals surface area contributed by atoms with Gasteiger partial charge >= 0.3 is 0 Å². The summed E-state index contributed by atoms with van der Waals surface area (Å²) >= 11 is 0. The Morgan fingerprint density at radius 3 is 2.25 bits per heavy atom. The molecule has 114 valence electrons. The summed E-state index contributed by atoms with van der Waals surface area (Å²) in [5.74, 6) is 0. The van der Waals surface area contributed by atoms with E-state index in [1.807, 2.05) is 0 Å². The molecule has 0 aliphatic heterocycles. The summed E-state index contributed by atoms with van der Waals surface area (Å²) in [5.41, 5.74) is 2.92. The minimum absolute atomic E-state index is 0.170. The molecule has 0 aromatic heterocycles. The van der Waals surface area contributed by atoms with Gasteiger partial charge in [-0.15, -0.1) is 0 Å². The van der Waals surface area contributed by atoms with Crippen molar-refractivity contribution < 1.29 is 0 Å². The number of nitrogens with zero attached hydrogens (tertiary/aromatic N) is 1. The van der Waals surface area contributed by atoms with Crippen molar-refractivity contribution in [3.8, 4) is 0 Å². The van der Waals surface area contributed by atoms with Crippen LogP contribution < -0.4 is 5.32 Å². The normalized spacial score (nSPS) is 13.8. The van der Waals surface area contributed by atoms with E-state index in [4.69, 9.17) is 0 Å². The maximum Gasteiger partial charge on any atom is 0.0506 e. The highest BCUT2D eigenvalue weighted by Gasteiger charge is 2.38. The van der Waals surface area contributed by atoms with Gasteiger partial charge in [0.1, 0.15) is 0 Å². The molecular weight excluding hydrogens is 244 g/mol. The van der Waals surface area contributed by atoms with Crippen LogP contribution in [0.2, 0.25) is 0 Å². The molecule has 0 saturated carbocycles. The van der Waals surface area contributed by atoms with Gasteiger partial charge in [0.15, 0.2) is 0 Å². The Morgan fingerprint density at radius 1 is 1.15 bits per heavy atom. The summed E-state index contributed by atoms with van der Waals surface area (Å²) in [4.78, 5) is 2.41. The monoisotopic (exact) mass is 276 g/mol. The van der Waals surface area contributed by atoms with Crippen LogP contribution in [0.25, 0.3) is 0 Å². The minimum atomic E-state index is 0.170. The van der Waals surface area contributed by atoms with E-state index < -0.39 is 0 Å². The van der Waals surface area contributed by atoms with Gasteiger partial charge in [0, 0.05) is 5.54 Å². The molecule has 0 aliphatic rings. The van der Waals surface area contributed by atoms with Gasteiger partial charge in [0.25, 0.3) is 0 Å². The largest absolute Gasteiger partial charge is 0.308 e. The first kappa shape index (κ1) is 17.2. The van der Waals surface area contributed by atoms with Crippen LogP contribution in [0.3, 0.4) is 0 Å². The maximum atomic E-state index is 3.80. The highest BCUT2D eigenvalue weighted by atomic mass is 15.2. The quantitative estimate of drug-likeness (QED) is 0.767. The zero-order valence-corrected chi connectivity index (χ0v) is 14.2. The summed E-state index contributed by atoms with van der Waals surface area (Å²) in [6.45, 7) is 10.1. The fraction of sp³-hybridized carbons (Fsp3) is 0.667. The molecule has 1 aromatic rings. The fourth-order valence-corrected chi connectivity index (χ4v) is 3.31. The first-order valence-corrected chi connectivity index (χ1v) is 7.99. The van der Waals surface area contributed by atoms with Gasteiger partial charge in [-0.2, -0.15) is 0 Å². The Bertz CT molecular complexity index is 394. The molecule has 1 rings (SSSR count). The van der Waals surface area contributed by atoms with Crippen molar-refractivity contribution in [1.82, 2.24) is 10.2 Å². The second-order valence-corrected chi connectivity index (χ2v) is 6.01. The van der Waals surface area contributed by atoms with E-state index in [0.717, 1.165) is 19.4 Å². The van der Waals surface area contributed by atoms with Crippen molar-refractivity contribution in [2.45, 2.75) is 58.5 Å². The second kappa shape index (κ2) is 7.80. The van der Waals surface area contributed by atoms with Gasteiger partial charge in [0.2, 0.25) is 0 Å². The van der Waals surface area contributed by atoms with E-state index in [1.165, 1.54) is 17.5 Å². The van der Waals surface area contributed by atoms with Crippen LogP contribution in [-0.2, 0) is 0 Å². The molecule has 2 nitrogen and oxygen atoms in total. The van der Waals surface area contributed by atoms with Crippen molar-refractivity contribution in [2.75, 3.05) is 20.6 Å². The Hall–Kier alpha value is -0.860. The summed E-state index contributed by atoms with van der Waals surface area (Å²) in [6.07, 6.45) is 3.46. The van der Waals surface area contributed by atoms with Crippen LogP contribution in [0, 0.1) is 6.92 Å². The predicted molar refractivity (Wildman–Crippen MR) is 89.2 cm³/mol. The second-order valence-electron chi connectivity index (χ2n) is 6.01. The number of nitrogens with one attached hydrogen (secondary N) is 1. The van der Waals surface area contributed by atoms with Gasteiger partial charge in [-0.3, -0.25) is 0 Å². The zero-order valence-electron chi connectivity index (χ0n) is 14.2. The van der Waals surface area contributed by atoms with E-state index in [0.29, 0.717) is 6.04 Å². The highest BCUT2D eigenvalue weighted by Crippen LogP contribution is 2.36. The van der Waals surface area contributed by atoms with Gasteiger partial charge in [-0.05, 0) is 52.4 Å². The third kappa shape index (κ3) is 3.62. The Kier molecular flexibility index (Phi) is 6.70. The predicted octanol–water partition coefficient (Wildman–Crippen LogP) is 4.16. The number of benzene rings is 1. The standard InChI is InChI=1S/C18H32N2/c1-7-13-19-17(16-12-10-11-15(4)14-16)18(8-2,9-3)20(5)6/h10-12,14,17,19H,7-9,13H2,1-6H3. The molecule has 0 radical (unpaired) electrons. The molecule has 1 aromatic carbocycles. The smallest absolute Gasteiger partial charge is 0.0506 e. The molecule has 0 saturated heterocycles. The van der Waals surface area contributed by atoms with Gasteiger partial charge in [-0.1, -0.05) is 50.6 Å². The lowest BCUT2D eigenvalue weighted by atomic mass is 9.79. The van der Waals surface area contributed by atoms with Crippen LogP contribution in [0.15, 0.2) is 24.3 Å².